The van der Waals surface area contributed by atoms with Gasteiger partial charge in [0.05, 0.1) is 22.1 Å². The minimum absolute atomic E-state index is 0.941. The van der Waals surface area contributed by atoms with Crippen molar-refractivity contribution in [3.8, 4) is 22.3 Å². The van der Waals surface area contributed by atoms with Crippen molar-refractivity contribution in [1.82, 2.24) is 19.9 Å². The summed E-state index contributed by atoms with van der Waals surface area (Å²) in [6.07, 6.45) is 0. The molecule has 0 radical (unpaired) electrons. The number of hydrogen-bond acceptors (Lipinski definition) is 2. The third-order valence-corrected chi connectivity index (χ3v) is 5.71. The first-order valence-electron chi connectivity index (χ1n) is 10.1. The van der Waals surface area contributed by atoms with Crippen LogP contribution in [0.3, 0.4) is 0 Å². The molecule has 0 atom stereocenters. The number of H-pyrrole nitrogens is 2. The van der Waals surface area contributed by atoms with E-state index in [0.29, 0.717) is 0 Å². The van der Waals surface area contributed by atoms with Crippen molar-refractivity contribution in [3.05, 3.63) is 84.4 Å². The summed E-state index contributed by atoms with van der Waals surface area (Å²) in [6.45, 7) is 3.97. The molecular formula is C26H20N4. The summed E-state index contributed by atoms with van der Waals surface area (Å²) in [5, 5.41) is 2.46. The molecule has 144 valence electrons. The van der Waals surface area contributed by atoms with Gasteiger partial charge in [0, 0.05) is 0 Å². The summed E-state index contributed by atoms with van der Waals surface area (Å²) in [5.74, 6) is 1.88. The number of nitrogens with one attached hydrogen (secondary N) is 2. The first-order valence-corrected chi connectivity index (χ1v) is 10.1. The van der Waals surface area contributed by atoms with Crippen LogP contribution in [0.25, 0.3) is 55.1 Å². The molecule has 2 N–H and O–H groups in total. The molecule has 0 fully saturated rings. The van der Waals surface area contributed by atoms with Gasteiger partial charge in [-0.2, -0.15) is 0 Å². The molecule has 4 aromatic carbocycles. The lowest BCUT2D eigenvalue weighted by Crippen LogP contribution is -1.83. The van der Waals surface area contributed by atoms with Crippen LogP contribution in [-0.2, 0) is 0 Å². The predicted octanol–water partition coefficient (Wildman–Crippen LogP) is 6.54. The summed E-state index contributed by atoms with van der Waals surface area (Å²) in [5.41, 5.74) is 8.96. The van der Waals surface area contributed by atoms with E-state index >= 15 is 0 Å². The van der Waals surface area contributed by atoms with E-state index in [-0.39, 0.29) is 0 Å². The Hall–Kier alpha value is -3.92. The van der Waals surface area contributed by atoms with Gasteiger partial charge in [-0.25, -0.2) is 9.97 Å². The molecule has 0 unspecified atom stereocenters. The van der Waals surface area contributed by atoms with E-state index in [2.05, 4.69) is 92.7 Å². The molecule has 2 aromatic heterocycles. The standard InChI is InChI=1S/C26H20N4/c1-15-27-23-9-7-21(13-25(23)29-15)19-5-3-18-12-20(6-4-17(18)11-19)22-8-10-24-26(14-22)30-16(2)28-24/h3-14H,1-2H3,(H,27,29)(H,28,30). The molecular weight excluding hydrogens is 368 g/mol. The van der Waals surface area contributed by atoms with Crippen LogP contribution in [-0.4, -0.2) is 19.9 Å². The molecule has 2 heterocycles. The number of aromatic nitrogens is 4. The minimum atomic E-state index is 0.941. The molecule has 0 aliphatic carbocycles. The lowest BCUT2D eigenvalue weighted by atomic mass is 9.97. The molecule has 0 saturated carbocycles. The van der Waals surface area contributed by atoms with Crippen LogP contribution in [0, 0.1) is 13.8 Å². The van der Waals surface area contributed by atoms with E-state index in [1.807, 2.05) is 13.8 Å². The van der Waals surface area contributed by atoms with Gasteiger partial charge in [0.1, 0.15) is 11.6 Å². The third kappa shape index (κ3) is 2.77. The minimum Gasteiger partial charge on any atom is -0.342 e. The Morgan fingerprint density at radius 3 is 1.37 bits per heavy atom. The molecule has 30 heavy (non-hydrogen) atoms. The van der Waals surface area contributed by atoms with Gasteiger partial charge in [-0.3, -0.25) is 0 Å². The Bertz CT molecular complexity index is 1450. The largest absolute Gasteiger partial charge is 0.342 e. The fourth-order valence-electron chi connectivity index (χ4n) is 4.24. The number of hydrogen-bond donors (Lipinski definition) is 2. The van der Waals surface area contributed by atoms with Gasteiger partial charge in [0.15, 0.2) is 0 Å². The Balaban J connectivity index is 1.41. The summed E-state index contributed by atoms with van der Waals surface area (Å²) in [7, 11) is 0. The van der Waals surface area contributed by atoms with E-state index < -0.39 is 0 Å². The number of aromatic amines is 2. The first kappa shape index (κ1) is 17.0. The SMILES string of the molecule is Cc1nc2ccc(-c3ccc4cc(-c5ccc6nc(C)[nH]c6c5)ccc4c3)cc2[nH]1. The Labute approximate surface area is 173 Å². The highest BCUT2D eigenvalue weighted by Crippen LogP contribution is 2.30. The van der Waals surface area contributed by atoms with Crippen LogP contribution in [0.15, 0.2) is 72.8 Å². The fourth-order valence-corrected chi connectivity index (χ4v) is 4.24. The second kappa shape index (κ2) is 6.29. The smallest absolute Gasteiger partial charge is 0.104 e. The van der Waals surface area contributed by atoms with Gasteiger partial charge in [-0.15, -0.1) is 0 Å². The number of aryl methyl sites for hydroxylation is 2. The second-order valence-corrected chi connectivity index (χ2v) is 7.88. The monoisotopic (exact) mass is 388 g/mol. The molecule has 6 aromatic rings. The average Bonchev–Trinajstić information content (AvgIpc) is 3.32. The number of rotatable bonds is 2. The van der Waals surface area contributed by atoms with Gasteiger partial charge < -0.3 is 9.97 Å². The summed E-state index contributed by atoms with van der Waals surface area (Å²) < 4.78 is 0. The first-order chi connectivity index (χ1) is 14.6. The lowest BCUT2D eigenvalue weighted by molar-refractivity contribution is 1.17. The van der Waals surface area contributed by atoms with E-state index in [0.717, 1.165) is 33.7 Å². The Kier molecular flexibility index (Phi) is 3.56. The van der Waals surface area contributed by atoms with Crippen LogP contribution >= 0.6 is 0 Å². The lowest BCUT2D eigenvalue weighted by Gasteiger charge is -2.07. The average molecular weight is 388 g/mol. The molecule has 0 saturated heterocycles. The summed E-state index contributed by atoms with van der Waals surface area (Å²) in [4.78, 5) is 15.6. The van der Waals surface area contributed by atoms with Gasteiger partial charge in [0.2, 0.25) is 0 Å². The van der Waals surface area contributed by atoms with Crippen molar-refractivity contribution in [1.29, 1.82) is 0 Å². The molecule has 0 bridgehead atoms. The van der Waals surface area contributed by atoms with Crippen molar-refractivity contribution in [2.45, 2.75) is 13.8 Å². The number of imidazole rings is 2. The van der Waals surface area contributed by atoms with Crippen molar-refractivity contribution in [3.63, 3.8) is 0 Å². The number of benzene rings is 4. The van der Waals surface area contributed by atoms with Gasteiger partial charge >= 0.3 is 0 Å². The normalized spacial score (nSPS) is 11.7. The topological polar surface area (TPSA) is 57.4 Å². The highest BCUT2D eigenvalue weighted by molar-refractivity contribution is 5.93. The highest BCUT2D eigenvalue weighted by atomic mass is 14.9. The van der Waals surface area contributed by atoms with Crippen molar-refractivity contribution in [2.24, 2.45) is 0 Å². The maximum atomic E-state index is 4.49. The van der Waals surface area contributed by atoms with Crippen LogP contribution in [0.4, 0.5) is 0 Å². The Morgan fingerprint density at radius 2 is 0.900 bits per heavy atom. The molecule has 0 spiro atoms. The quantitative estimate of drug-likeness (QED) is 0.354. The molecule has 0 amide bonds. The predicted molar refractivity (Wildman–Crippen MR) is 124 cm³/mol. The van der Waals surface area contributed by atoms with Crippen LogP contribution < -0.4 is 0 Å². The van der Waals surface area contributed by atoms with Crippen molar-refractivity contribution < 1.29 is 0 Å². The molecule has 6 rings (SSSR count). The second-order valence-electron chi connectivity index (χ2n) is 7.88. The van der Waals surface area contributed by atoms with E-state index in [4.69, 9.17) is 0 Å². The van der Waals surface area contributed by atoms with E-state index in [1.54, 1.807) is 0 Å². The van der Waals surface area contributed by atoms with Gasteiger partial charge in [0.25, 0.3) is 0 Å². The maximum Gasteiger partial charge on any atom is 0.104 e. The maximum absolute atomic E-state index is 4.49. The van der Waals surface area contributed by atoms with Crippen molar-refractivity contribution >= 4 is 32.8 Å². The summed E-state index contributed by atoms with van der Waals surface area (Å²) in [6, 6.07) is 26.1. The van der Waals surface area contributed by atoms with Crippen LogP contribution in [0.1, 0.15) is 11.6 Å². The van der Waals surface area contributed by atoms with Gasteiger partial charge in [-0.1, -0.05) is 36.4 Å². The third-order valence-electron chi connectivity index (χ3n) is 5.71. The number of fused-ring (bicyclic) bond motifs is 3. The molecule has 0 aliphatic heterocycles. The van der Waals surface area contributed by atoms with E-state index in [9.17, 15) is 0 Å². The van der Waals surface area contributed by atoms with E-state index in [1.165, 1.54) is 33.0 Å². The zero-order valence-corrected chi connectivity index (χ0v) is 16.8. The zero-order valence-electron chi connectivity index (χ0n) is 16.8. The van der Waals surface area contributed by atoms with Gasteiger partial charge in [-0.05, 0) is 83.3 Å². The number of nitrogens with zero attached hydrogens (tertiary/aromatic N) is 2. The summed E-state index contributed by atoms with van der Waals surface area (Å²) >= 11 is 0. The highest BCUT2D eigenvalue weighted by Gasteiger charge is 2.07. The Morgan fingerprint density at radius 1 is 0.500 bits per heavy atom. The van der Waals surface area contributed by atoms with Crippen molar-refractivity contribution in [2.75, 3.05) is 0 Å². The van der Waals surface area contributed by atoms with Crippen LogP contribution in [0.2, 0.25) is 0 Å². The molecule has 0 aliphatic rings. The molecule has 4 heteroatoms. The fraction of sp³-hybridized carbons (Fsp3) is 0.0769. The zero-order chi connectivity index (χ0) is 20.2. The van der Waals surface area contributed by atoms with Crippen LogP contribution in [0.5, 0.6) is 0 Å². The molecule has 4 nitrogen and oxygen atoms in total.